The highest BCUT2D eigenvalue weighted by Crippen LogP contribution is 2.23. The molecule has 0 aliphatic rings. The molecule has 0 aromatic carbocycles. The lowest BCUT2D eigenvalue weighted by Gasteiger charge is -2.13. The van der Waals surface area contributed by atoms with Crippen LogP contribution < -0.4 is 5.32 Å². The Hall–Kier alpha value is -3.09. The first kappa shape index (κ1) is 16.4. The van der Waals surface area contributed by atoms with E-state index in [1.165, 1.54) is 5.56 Å². The van der Waals surface area contributed by atoms with Gasteiger partial charge in [0.25, 0.3) is 0 Å². The van der Waals surface area contributed by atoms with Gasteiger partial charge in [0, 0.05) is 43.2 Å². The summed E-state index contributed by atoms with van der Waals surface area (Å²) in [5.41, 5.74) is 3.28. The minimum atomic E-state index is 0.372. The molecule has 0 atom stereocenters. The van der Waals surface area contributed by atoms with Gasteiger partial charge in [0.1, 0.15) is 5.82 Å². The predicted octanol–water partition coefficient (Wildman–Crippen LogP) is 3.33. The molecule has 0 bridgehead atoms. The number of aromatic nitrogens is 6. The van der Waals surface area contributed by atoms with Crippen LogP contribution in [0.4, 0.5) is 5.82 Å². The van der Waals surface area contributed by atoms with E-state index in [2.05, 4.69) is 44.6 Å². The predicted molar refractivity (Wildman–Crippen MR) is 102 cm³/mol. The summed E-state index contributed by atoms with van der Waals surface area (Å²) in [7, 11) is 0. The molecule has 134 valence electrons. The summed E-state index contributed by atoms with van der Waals surface area (Å²) in [6.07, 6.45) is 12.6. The Morgan fingerprint density at radius 3 is 2.85 bits per heavy atom. The number of rotatable bonds is 6. The van der Waals surface area contributed by atoms with Crippen LogP contribution >= 0.6 is 0 Å². The highest BCUT2D eigenvalue weighted by Gasteiger charge is 2.15. The average molecular weight is 349 g/mol. The summed E-state index contributed by atoms with van der Waals surface area (Å²) in [6, 6.07) is 2.09. The van der Waals surface area contributed by atoms with E-state index < -0.39 is 0 Å². The maximum atomic E-state index is 4.82. The molecule has 4 rings (SSSR count). The van der Waals surface area contributed by atoms with Crippen molar-refractivity contribution in [1.82, 2.24) is 28.9 Å². The molecule has 4 aromatic heterocycles. The molecule has 0 radical (unpaired) electrons. The van der Waals surface area contributed by atoms with Gasteiger partial charge in [0.15, 0.2) is 17.3 Å². The Morgan fingerprint density at radius 1 is 1.27 bits per heavy atom. The Kier molecular flexibility index (Phi) is 4.20. The third-order valence-corrected chi connectivity index (χ3v) is 4.54. The lowest BCUT2D eigenvalue weighted by atomic mass is 10.1. The first-order valence-electron chi connectivity index (χ1n) is 8.87. The molecule has 0 aliphatic carbocycles. The van der Waals surface area contributed by atoms with E-state index in [1.807, 2.05) is 42.5 Å². The maximum absolute atomic E-state index is 4.82. The SMILES string of the molecule is Cc1nccn1-c1cn2c(C(C)C)cnc2c(NCCc2cc[nH]c2)n1. The first-order chi connectivity index (χ1) is 12.6. The lowest BCUT2D eigenvalue weighted by molar-refractivity contribution is 0.800. The minimum absolute atomic E-state index is 0.372. The molecule has 7 heteroatoms. The van der Waals surface area contributed by atoms with E-state index >= 15 is 0 Å². The van der Waals surface area contributed by atoms with Gasteiger partial charge in [-0.1, -0.05) is 13.8 Å². The summed E-state index contributed by atoms with van der Waals surface area (Å²) in [6.45, 7) is 7.11. The molecule has 0 unspecified atom stereocenters. The second kappa shape index (κ2) is 6.67. The molecule has 26 heavy (non-hydrogen) atoms. The molecule has 4 aromatic rings. The zero-order valence-corrected chi connectivity index (χ0v) is 15.3. The van der Waals surface area contributed by atoms with Crippen molar-refractivity contribution in [3.63, 3.8) is 0 Å². The normalized spacial score (nSPS) is 11.5. The van der Waals surface area contributed by atoms with Crippen LogP contribution in [0, 0.1) is 6.92 Å². The Balaban J connectivity index is 1.73. The average Bonchev–Trinajstić information content (AvgIpc) is 3.34. The highest BCUT2D eigenvalue weighted by atomic mass is 15.2. The monoisotopic (exact) mass is 349 g/mol. The van der Waals surface area contributed by atoms with Crippen molar-refractivity contribution < 1.29 is 0 Å². The van der Waals surface area contributed by atoms with Crippen LogP contribution in [0.1, 0.15) is 36.8 Å². The molecule has 7 nitrogen and oxygen atoms in total. The van der Waals surface area contributed by atoms with Crippen molar-refractivity contribution in [2.24, 2.45) is 0 Å². The zero-order chi connectivity index (χ0) is 18.1. The van der Waals surface area contributed by atoms with Crippen molar-refractivity contribution in [1.29, 1.82) is 0 Å². The molecule has 0 aliphatic heterocycles. The fourth-order valence-electron chi connectivity index (χ4n) is 3.11. The second-order valence-electron chi connectivity index (χ2n) is 6.72. The van der Waals surface area contributed by atoms with Crippen LogP contribution in [0.5, 0.6) is 0 Å². The van der Waals surface area contributed by atoms with Crippen LogP contribution in [0.2, 0.25) is 0 Å². The smallest absolute Gasteiger partial charge is 0.180 e. The minimum Gasteiger partial charge on any atom is -0.367 e. The van der Waals surface area contributed by atoms with E-state index in [0.29, 0.717) is 5.92 Å². The number of hydrogen-bond donors (Lipinski definition) is 2. The van der Waals surface area contributed by atoms with E-state index in [9.17, 15) is 0 Å². The number of imidazole rings is 2. The number of anilines is 1. The fraction of sp³-hybridized carbons (Fsp3) is 0.316. The van der Waals surface area contributed by atoms with Gasteiger partial charge in [-0.2, -0.15) is 0 Å². The van der Waals surface area contributed by atoms with E-state index in [1.54, 1.807) is 6.20 Å². The Bertz CT molecular complexity index is 1010. The molecule has 0 saturated heterocycles. The number of nitrogens with zero attached hydrogens (tertiary/aromatic N) is 5. The second-order valence-corrected chi connectivity index (χ2v) is 6.72. The number of aryl methyl sites for hydroxylation is 1. The van der Waals surface area contributed by atoms with Crippen molar-refractivity contribution in [3.05, 3.63) is 60.3 Å². The number of H-pyrrole nitrogens is 1. The molecule has 0 spiro atoms. The maximum Gasteiger partial charge on any atom is 0.180 e. The molecule has 0 amide bonds. The van der Waals surface area contributed by atoms with Crippen molar-refractivity contribution in [2.45, 2.75) is 33.1 Å². The van der Waals surface area contributed by atoms with Crippen LogP contribution in [-0.2, 0) is 6.42 Å². The number of nitrogens with one attached hydrogen (secondary N) is 2. The highest BCUT2D eigenvalue weighted by molar-refractivity contribution is 5.65. The standard InChI is InChI=1S/C19H23N7/c1-13(2)16-11-23-19-18(22-7-5-15-4-6-20-10-15)24-17(12-26(16)19)25-9-8-21-14(25)3/h4,6,8-13,20H,5,7H2,1-3H3,(H,22,24). The van der Waals surface area contributed by atoms with Gasteiger partial charge in [0.05, 0.1) is 6.20 Å². The fourth-order valence-corrected chi connectivity index (χ4v) is 3.11. The molecular weight excluding hydrogens is 326 g/mol. The summed E-state index contributed by atoms with van der Waals surface area (Å²) in [5, 5.41) is 3.46. The quantitative estimate of drug-likeness (QED) is 0.560. The van der Waals surface area contributed by atoms with Crippen LogP contribution in [0.25, 0.3) is 11.5 Å². The van der Waals surface area contributed by atoms with Gasteiger partial charge in [-0.25, -0.2) is 15.0 Å². The van der Waals surface area contributed by atoms with Crippen LogP contribution in [0.3, 0.4) is 0 Å². The van der Waals surface area contributed by atoms with Gasteiger partial charge in [-0.15, -0.1) is 0 Å². The van der Waals surface area contributed by atoms with Crippen molar-refractivity contribution in [2.75, 3.05) is 11.9 Å². The molecule has 0 saturated carbocycles. The van der Waals surface area contributed by atoms with Crippen LogP contribution in [-0.4, -0.2) is 35.4 Å². The first-order valence-corrected chi connectivity index (χ1v) is 8.87. The van der Waals surface area contributed by atoms with Crippen LogP contribution in [0.15, 0.2) is 43.2 Å². The van der Waals surface area contributed by atoms with E-state index in [-0.39, 0.29) is 0 Å². The largest absolute Gasteiger partial charge is 0.367 e. The molecular formula is C19H23N7. The van der Waals surface area contributed by atoms with Gasteiger partial charge in [0.2, 0.25) is 0 Å². The third kappa shape index (κ3) is 2.96. The number of hydrogen-bond acceptors (Lipinski definition) is 4. The van der Waals surface area contributed by atoms with Gasteiger partial charge < -0.3 is 10.3 Å². The summed E-state index contributed by atoms with van der Waals surface area (Å²) >= 11 is 0. The topological polar surface area (TPSA) is 75.8 Å². The van der Waals surface area contributed by atoms with Gasteiger partial charge in [-0.3, -0.25) is 8.97 Å². The molecule has 4 heterocycles. The van der Waals surface area contributed by atoms with Crippen molar-refractivity contribution >= 4 is 11.5 Å². The van der Waals surface area contributed by atoms with Crippen molar-refractivity contribution in [3.8, 4) is 5.82 Å². The number of aromatic amines is 1. The summed E-state index contributed by atoms with van der Waals surface area (Å²) in [5.74, 6) is 2.90. The summed E-state index contributed by atoms with van der Waals surface area (Å²) < 4.78 is 4.12. The zero-order valence-electron chi connectivity index (χ0n) is 15.3. The summed E-state index contributed by atoms with van der Waals surface area (Å²) in [4.78, 5) is 16.8. The Morgan fingerprint density at radius 2 is 2.15 bits per heavy atom. The van der Waals surface area contributed by atoms with E-state index in [4.69, 9.17) is 4.98 Å². The van der Waals surface area contributed by atoms with Gasteiger partial charge in [-0.05, 0) is 30.9 Å². The van der Waals surface area contributed by atoms with Gasteiger partial charge >= 0.3 is 0 Å². The number of fused-ring (bicyclic) bond motifs is 1. The molecule has 2 N–H and O–H groups in total. The Labute approximate surface area is 152 Å². The molecule has 0 fully saturated rings. The van der Waals surface area contributed by atoms with E-state index in [0.717, 1.165) is 41.8 Å². The third-order valence-electron chi connectivity index (χ3n) is 4.54. The lowest BCUT2D eigenvalue weighted by Crippen LogP contribution is -2.11.